The van der Waals surface area contributed by atoms with Gasteiger partial charge in [-0.25, -0.2) is 9.50 Å². The van der Waals surface area contributed by atoms with E-state index in [0.717, 1.165) is 28.2 Å². The number of methoxy groups -OCH3 is 1. The molecule has 0 saturated carbocycles. The fourth-order valence-electron chi connectivity index (χ4n) is 2.69. The zero-order valence-corrected chi connectivity index (χ0v) is 13.5. The monoisotopic (exact) mass is 332 g/mol. The Morgan fingerprint density at radius 2 is 1.80 bits per heavy atom. The molecular weight excluding hydrogens is 316 g/mol. The maximum atomic E-state index is 9.38. The van der Waals surface area contributed by atoms with Gasteiger partial charge >= 0.3 is 0 Å². The largest absolute Gasteiger partial charge is 0.508 e. The first-order valence-corrected chi connectivity index (χ1v) is 7.78. The van der Waals surface area contributed by atoms with E-state index in [1.54, 1.807) is 42.1 Å². The predicted molar refractivity (Wildman–Crippen MR) is 96.4 cm³/mol. The number of para-hydroxylation sites is 1. The van der Waals surface area contributed by atoms with Gasteiger partial charge in [-0.3, -0.25) is 0 Å². The molecule has 0 aliphatic rings. The van der Waals surface area contributed by atoms with Crippen molar-refractivity contribution in [3.05, 3.63) is 67.0 Å². The Labute approximate surface area is 144 Å². The maximum absolute atomic E-state index is 9.38. The van der Waals surface area contributed by atoms with E-state index in [0.29, 0.717) is 5.82 Å². The highest BCUT2D eigenvalue weighted by Gasteiger charge is 2.13. The number of ether oxygens (including phenoxy) is 1. The van der Waals surface area contributed by atoms with Gasteiger partial charge in [-0.05, 0) is 36.4 Å². The highest BCUT2D eigenvalue weighted by Crippen LogP contribution is 2.32. The number of benzene rings is 2. The van der Waals surface area contributed by atoms with Crippen LogP contribution in [0.5, 0.6) is 11.5 Å². The van der Waals surface area contributed by atoms with Gasteiger partial charge in [0.2, 0.25) is 0 Å². The van der Waals surface area contributed by atoms with E-state index in [-0.39, 0.29) is 5.75 Å². The quantitative estimate of drug-likeness (QED) is 0.555. The maximum Gasteiger partial charge on any atom is 0.165 e. The second-order valence-corrected chi connectivity index (χ2v) is 5.51. The molecule has 4 aromatic rings. The number of anilines is 2. The second-order valence-electron chi connectivity index (χ2n) is 5.51. The molecule has 0 saturated heterocycles. The summed E-state index contributed by atoms with van der Waals surface area (Å²) in [5.74, 6) is 1.69. The molecular formula is C19H16N4O2. The van der Waals surface area contributed by atoms with Crippen LogP contribution in [0.15, 0.2) is 67.0 Å². The Balaban J connectivity index is 1.76. The Kier molecular flexibility index (Phi) is 3.70. The molecule has 6 heteroatoms. The molecule has 0 bridgehead atoms. The number of hydrogen-bond acceptors (Lipinski definition) is 5. The summed E-state index contributed by atoms with van der Waals surface area (Å²) in [6, 6.07) is 16.5. The molecule has 0 atom stereocenters. The molecule has 0 spiro atoms. The molecule has 2 aromatic carbocycles. The summed E-state index contributed by atoms with van der Waals surface area (Å²) in [7, 11) is 1.65. The topological polar surface area (TPSA) is 71.7 Å². The van der Waals surface area contributed by atoms with Gasteiger partial charge in [0.15, 0.2) is 5.65 Å². The molecule has 6 nitrogen and oxygen atoms in total. The molecule has 0 radical (unpaired) electrons. The number of nitrogens with one attached hydrogen (secondary N) is 1. The van der Waals surface area contributed by atoms with Crippen LogP contribution in [-0.2, 0) is 0 Å². The first-order chi connectivity index (χ1) is 12.2. The molecule has 124 valence electrons. The van der Waals surface area contributed by atoms with E-state index >= 15 is 0 Å². The number of fused-ring (bicyclic) bond motifs is 1. The third-order valence-electron chi connectivity index (χ3n) is 3.91. The van der Waals surface area contributed by atoms with Gasteiger partial charge in [0.05, 0.1) is 18.9 Å². The van der Waals surface area contributed by atoms with Gasteiger partial charge in [-0.2, -0.15) is 5.10 Å². The van der Waals surface area contributed by atoms with Crippen LogP contribution in [0.3, 0.4) is 0 Å². The minimum atomic E-state index is 0.225. The van der Waals surface area contributed by atoms with Crippen LogP contribution in [0.25, 0.3) is 16.8 Å². The number of rotatable bonds is 4. The number of nitrogens with zero attached hydrogens (tertiary/aromatic N) is 3. The molecule has 4 rings (SSSR count). The van der Waals surface area contributed by atoms with Crippen molar-refractivity contribution in [2.45, 2.75) is 0 Å². The van der Waals surface area contributed by atoms with Gasteiger partial charge in [0.25, 0.3) is 0 Å². The highest BCUT2D eigenvalue weighted by atomic mass is 16.5. The van der Waals surface area contributed by atoms with Gasteiger partial charge in [0.1, 0.15) is 17.3 Å². The number of hydrogen-bond donors (Lipinski definition) is 2. The van der Waals surface area contributed by atoms with Crippen LogP contribution in [-0.4, -0.2) is 26.8 Å². The number of phenols is 1. The molecule has 2 N–H and O–H groups in total. The SMILES string of the molecule is COc1ccccc1-c1cnn2ccc(Nc3ccc(O)cc3)nc12. The van der Waals surface area contributed by atoms with Crippen LogP contribution in [0.2, 0.25) is 0 Å². The van der Waals surface area contributed by atoms with Crippen LogP contribution in [0.4, 0.5) is 11.5 Å². The van der Waals surface area contributed by atoms with Crippen molar-refractivity contribution >= 4 is 17.2 Å². The Hall–Kier alpha value is -3.54. The first kappa shape index (κ1) is 15.0. The minimum Gasteiger partial charge on any atom is -0.508 e. The molecule has 0 aliphatic carbocycles. The Bertz CT molecular complexity index is 1030. The lowest BCUT2D eigenvalue weighted by molar-refractivity contribution is 0.416. The smallest absolute Gasteiger partial charge is 0.165 e. The average molecular weight is 332 g/mol. The first-order valence-electron chi connectivity index (χ1n) is 7.78. The van der Waals surface area contributed by atoms with Crippen molar-refractivity contribution in [3.8, 4) is 22.6 Å². The molecule has 0 fully saturated rings. The fraction of sp³-hybridized carbons (Fsp3) is 0.0526. The zero-order valence-electron chi connectivity index (χ0n) is 13.5. The van der Waals surface area contributed by atoms with E-state index < -0.39 is 0 Å². The van der Waals surface area contributed by atoms with Crippen molar-refractivity contribution in [2.75, 3.05) is 12.4 Å². The van der Waals surface area contributed by atoms with Gasteiger partial charge in [-0.1, -0.05) is 18.2 Å². The van der Waals surface area contributed by atoms with Crippen LogP contribution >= 0.6 is 0 Å². The molecule has 25 heavy (non-hydrogen) atoms. The second kappa shape index (κ2) is 6.16. The highest BCUT2D eigenvalue weighted by molar-refractivity contribution is 5.81. The lowest BCUT2D eigenvalue weighted by Gasteiger charge is -2.08. The number of aromatic nitrogens is 3. The van der Waals surface area contributed by atoms with Crippen molar-refractivity contribution in [1.82, 2.24) is 14.6 Å². The van der Waals surface area contributed by atoms with Gasteiger partial charge < -0.3 is 15.2 Å². The Morgan fingerprint density at radius 3 is 2.60 bits per heavy atom. The van der Waals surface area contributed by atoms with E-state index in [9.17, 15) is 5.11 Å². The summed E-state index contributed by atoms with van der Waals surface area (Å²) in [6.45, 7) is 0. The zero-order chi connectivity index (χ0) is 17.2. The van der Waals surface area contributed by atoms with E-state index in [4.69, 9.17) is 4.74 Å². The fourth-order valence-corrected chi connectivity index (χ4v) is 2.69. The molecule has 0 unspecified atom stereocenters. The lowest BCUT2D eigenvalue weighted by atomic mass is 10.1. The molecule has 2 heterocycles. The van der Waals surface area contributed by atoms with Crippen molar-refractivity contribution in [2.24, 2.45) is 0 Å². The van der Waals surface area contributed by atoms with E-state index in [2.05, 4.69) is 15.4 Å². The minimum absolute atomic E-state index is 0.225. The van der Waals surface area contributed by atoms with E-state index in [1.807, 2.05) is 36.5 Å². The standard InChI is InChI=1S/C19H16N4O2/c1-25-17-5-3-2-4-15(17)16-12-20-23-11-10-18(22-19(16)23)21-13-6-8-14(24)9-7-13/h2-12,24H,1H3,(H,21,22). The van der Waals surface area contributed by atoms with Crippen molar-refractivity contribution in [1.29, 1.82) is 0 Å². The Morgan fingerprint density at radius 1 is 1.00 bits per heavy atom. The predicted octanol–water partition coefficient (Wildman–Crippen LogP) is 3.85. The third-order valence-corrected chi connectivity index (χ3v) is 3.91. The van der Waals surface area contributed by atoms with Crippen LogP contribution in [0, 0.1) is 0 Å². The van der Waals surface area contributed by atoms with Crippen molar-refractivity contribution in [3.63, 3.8) is 0 Å². The van der Waals surface area contributed by atoms with Crippen LogP contribution in [0.1, 0.15) is 0 Å². The third kappa shape index (κ3) is 2.85. The summed E-state index contributed by atoms with van der Waals surface area (Å²) in [5.41, 5.74) is 3.40. The van der Waals surface area contributed by atoms with E-state index in [1.165, 1.54) is 0 Å². The number of aromatic hydroxyl groups is 1. The summed E-state index contributed by atoms with van der Waals surface area (Å²) < 4.78 is 7.18. The van der Waals surface area contributed by atoms with Crippen LogP contribution < -0.4 is 10.1 Å². The average Bonchev–Trinajstić information content (AvgIpc) is 3.06. The molecule has 0 amide bonds. The summed E-state index contributed by atoms with van der Waals surface area (Å²) in [4.78, 5) is 4.68. The lowest BCUT2D eigenvalue weighted by Crippen LogP contribution is -1.97. The normalized spacial score (nSPS) is 10.8. The molecule has 0 aliphatic heterocycles. The summed E-state index contributed by atoms with van der Waals surface area (Å²) in [5, 5.41) is 17.0. The molecule has 2 aromatic heterocycles. The van der Waals surface area contributed by atoms with Gasteiger partial charge in [0, 0.05) is 17.4 Å². The summed E-state index contributed by atoms with van der Waals surface area (Å²) >= 11 is 0. The summed E-state index contributed by atoms with van der Waals surface area (Å²) in [6.07, 6.45) is 3.63. The van der Waals surface area contributed by atoms with Gasteiger partial charge in [-0.15, -0.1) is 0 Å². The number of phenolic OH excluding ortho intramolecular Hbond substituents is 1. The van der Waals surface area contributed by atoms with Crippen molar-refractivity contribution < 1.29 is 9.84 Å².